The van der Waals surface area contributed by atoms with E-state index in [-0.39, 0.29) is 5.75 Å². The molecule has 0 aliphatic rings. The van der Waals surface area contributed by atoms with Crippen LogP contribution in [0.1, 0.15) is 19.8 Å². The number of hydrogen-bond donors (Lipinski definition) is 0. The van der Waals surface area contributed by atoms with Gasteiger partial charge in [-0.25, -0.2) is 8.42 Å². The van der Waals surface area contributed by atoms with Crippen molar-refractivity contribution in [2.24, 2.45) is 0 Å². The van der Waals surface area contributed by atoms with Gasteiger partial charge in [-0.3, -0.25) is 0 Å². The third-order valence-corrected chi connectivity index (χ3v) is 2.64. The summed E-state index contributed by atoms with van der Waals surface area (Å²) in [5.74, 6) is -0.0373. The first-order valence-corrected chi connectivity index (χ1v) is 7.12. The summed E-state index contributed by atoms with van der Waals surface area (Å²) < 4.78 is 31.3. The smallest absolute Gasteiger partial charge is 0.232 e. The number of hydrogen-bond acceptors (Lipinski definition) is 4. The van der Waals surface area contributed by atoms with Crippen molar-refractivity contribution in [1.82, 2.24) is 0 Å². The van der Waals surface area contributed by atoms with Gasteiger partial charge in [0.1, 0.15) is 0 Å². The van der Waals surface area contributed by atoms with Crippen molar-refractivity contribution in [3.05, 3.63) is 0 Å². The maximum Gasteiger partial charge on any atom is 0.232 e. The molecule has 0 fully saturated rings. The molecule has 6 heteroatoms. The molecular weight excluding hydrogens is 228 g/mol. The van der Waals surface area contributed by atoms with E-state index >= 15 is 0 Å². The van der Waals surface area contributed by atoms with Crippen LogP contribution in [0.4, 0.5) is 0 Å². The summed E-state index contributed by atoms with van der Waals surface area (Å²) in [4.78, 5) is 0. The van der Waals surface area contributed by atoms with Gasteiger partial charge in [0.05, 0.1) is 19.0 Å². The Kier molecular flexibility index (Phi) is 8.56. The van der Waals surface area contributed by atoms with Crippen molar-refractivity contribution in [2.75, 3.05) is 32.2 Å². The lowest BCUT2D eigenvalue weighted by atomic mass is 10.5. The zero-order chi connectivity index (χ0) is 10.9. The Hall–Kier alpha value is 0.160. The second-order valence-electron chi connectivity index (χ2n) is 2.82. The standard InChI is InChI=1S/C8H17ClO4S/c1-2-4-12-6-7-13-5-3-8-14(9,10)11/h2-8H2,1H3. The van der Waals surface area contributed by atoms with Crippen LogP contribution >= 0.6 is 10.7 Å². The zero-order valence-corrected chi connectivity index (χ0v) is 9.94. The number of halogens is 1. The summed E-state index contributed by atoms with van der Waals surface area (Å²) in [6, 6.07) is 0. The topological polar surface area (TPSA) is 52.6 Å². The minimum absolute atomic E-state index is 0.0373. The highest BCUT2D eigenvalue weighted by atomic mass is 35.7. The Morgan fingerprint density at radius 1 is 1.07 bits per heavy atom. The van der Waals surface area contributed by atoms with Crippen LogP contribution in [-0.4, -0.2) is 40.6 Å². The largest absolute Gasteiger partial charge is 0.379 e. The molecule has 0 unspecified atom stereocenters. The van der Waals surface area contributed by atoms with E-state index in [1.807, 2.05) is 6.92 Å². The van der Waals surface area contributed by atoms with Crippen LogP contribution in [-0.2, 0) is 18.5 Å². The molecule has 0 spiro atoms. The quantitative estimate of drug-likeness (QED) is 0.454. The molecule has 86 valence electrons. The van der Waals surface area contributed by atoms with Crippen molar-refractivity contribution in [1.29, 1.82) is 0 Å². The van der Waals surface area contributed by atoms with Crippen LogP contribution in [0.2, 0.25) is 0 Å². The van der Waals surface area contributed by atoms with Crippen LogP contribution in [0.15, 0.2) is 0 Å². The third-order valence-electron chi connectivity index (χ3n) is 1.40. The van der Waals surface area contributed by atoms with E-state index in [1.165, 1.54) is 0 Å². The molecule has 0 radical (unpaired) electrons. The second kappa shape index (κ2) is 8.47. The minimum Gasteiger partial charge on any atom is -0.379 e. The molecule has 0 N–H and O–H groups in total. The maximum absolute atomic E-state index is 10.5. The molecule has 4 nitrogen and oxygen atoms in total. The summed E-state index contributed by atoms with van der Waals surface area (Å²) >= 11 is 0. The normalized spacial score (nSPS) is 11.9. The fourth-order valence-corrected chi connectivity index (χ4v) is 1.59. The first-order chi connectivity index (χ1) is 6.56. The Labute approximate surface area is 90.0 Å². The fraction of sp³-hybridized carbons (Fsp3) is 1.00. The van der Waals surface area contributed by atoms with Crippen LogP contribution in [0, 0.1) is 0 Å². The summed E-state index contributed by atoms with van der Waals surface area (Å²) in [5, 5.41) is 0. The molecule has 0 saturated carbocycles. The Bertz CT molecular complexity index is 215. The van der Waals surface area contributed by atoms with E-state index in [0.717, 1.165) is 13.0 Å². The lowest BCUT2D eigenvalue weighted by molar-refractivity contribution is 0.0484. The van der Waals surface area contributed by atoms with E-state index in [2.05, 4.69) is 0 Å². The van der Waals surface area contributed by atoms with Gasteiger partial charge in [0, 0.05) is 23.9 Å². The van der Waals surface area contributed by atoms with Gasteiger partial charge < -0.3 is 9.47 Å². The molecule has 0 aromatic rings. The van der Waals surface area contributed by atoms with Crippen LogP contribution in [0.25, 0.3) is 0 Å². The highest BCUT2D eigenvalue weighted by Gasteiger charge is 2.03. The molecule has 0 saturated heterocycles. The van der Waals surface area contributed by atoms with Gasteiger partial charge in [-0.05, 0) is 12.8 Å². The van der Waals surface area contributed by atoms with Crippen LogP contribution in [0.3, 0.4) is 0 Å². The van der Waals surface area contributed by atoms with Crippen molar-refractivity contribution in [2.45, 2.75) is 19.8 Å². The van der Waals surface area contributed by atoms with Gasteiger partial charge in [-0.1, -0.05) is 6.92 Å². The van der Waals surface area contributed by atoms with Gasteiger partial charge in [0.25, 0.3) is 0 Å². The molecule has 14 heavy (non-hydrogen) atoms. The molecule has 0 aliphatic heterocycles. The lowest BCUT2D eigenvalue weighted by Gasteiger charge is -2.03. The van der Waals surface area contributed by atoms with E-state index in [1.54, 1.807) is 0 Å². The summed E-state index contributed by atoms with van der Waals surface area (Å²) in [6.07, 6.45) is 1.42. The first kappa shape index (κ1) is 14.2. The molecule has 0 rings (SSSR count). The van der Waals surface area contributed by atoms with Crippen molar-refractivity contribution in [3.63, 3.8) is 0 Å². The molecule has 0 heterocycles. The van der Waals surface area contributed by atoms with Crippen LogP contribution < -0.4 is 0 Å². The van der Waals surface area contributed by atoms with Crippen molar-refractivity contribution >= 4 is 19.7 Å². The maximum atomic E-state index is 10.5. The second-order valence-corrected chi connectivity index (χ2v) is 5.72. The minimum atomic E-state index is -3.36. The molecule has 0 atom stereocenters. The summed E-state index contributed by atoms with van der Waals surface area (Å²) in [5.41, 5.74) is 0. The third kappa shape index (κ3) is 12.2. The Morgan fingerprint density at radius 2 is 1.64 bits per heavy atom. The van der Waals surface area contributed by atoms with Crippen LogP contribution in [0.5, 0.6) is 0 Å². The highest BCUT2D eigenvalue weighted by molar-refractivity contribution is 8.13. The predicted octanol–water partition coefficient (Wildman–Crippen LogP) is 1.39. The lowest BCUT2D eigenvalue weighted by Crippen LogP contribution is -2.08. The molecule has 0 amide bonds. The number of rotatable bonds is 9. The van der Waals surface area contributed by atoms with Gasteiger partial charge in [-0.2, -0.15) is 0 Å². The SMILES string of the molecule is CCCOCCOCCCS(=O)(=O)Cl. The predicted molar refractivity (Wildman–Crippen MR) is 56.2 cm³/mol. The van der Waals surface area contributed by atoms with Gasteiger partial charge in [0.15, 0.2) is 0 Å². The monoisotopic (exact) mass is 244 g/mol. The van der Waals surface area contributed by atoms with E-state index in [4.69, 9.17) is 20.2 Å². The highest BCUT2D eigenvalue weighted by Crippen LogP contribution is 1.98. The van der Waals surface area contributed by atoms with Gasteiger partial charge >= 0.3 is 0 Å². The molecule has 0 aromatic heterocycles. The van der Waals surface area contributed by atoms with Crippen molar-refractivity contribution in [3.8, 4) is 0 Å². The Morgan fingerprint density at radius 3 is 2.14 bits per heavy atom. The summed E-state index contributed by atoms with van der Waals surface area (Å²) in [7, 11) is 1.64. The average Bonchev–Trinajstić information content (AvgIpc) is 2.08. The van der Waals surface area contributed by atoms with E-state index in [0.29, 0.717) is 26.2 Å². The molecule has 0 aliphatic carbocycles. The van der Waals surface area contributed by atoms with Crippen molar-refractivity contribution < 1.29 is 17.9 Å². The van der Waals surface area contributed by atoms with Gasteiger partial charge in [-0.15, -0.1) is 0 Å². The van der Waals surface area contributed by atoms with E-state index < -0.39 is 9.05 Å². The van der Waals surface area contributed by atoms with E-state index in [9.17, 15) is 8.42 Å². The number of ether oxygens (including phenoxy) is 2. The first-order valence-electron chi connectivity index (χ1n) is 4.64. The molecule has 0 aromatic carbocycles. The molecular formula is C8H17ClO4S. The van der Waals surface area contributed by atoms with Gasteiger partial charge in [0.2, 0.25) is 9.05 Å². The Balaban J connectivity index is 3.07. The summed E-state index contributed by atoms with van der Waals surface area (Å²) in [6.45, 7) is 4.23. The molecule has 0 bridgehead atoms. The fourth-order valence-electron chi connectivity index (χ4n) is 0.800. The average molecular weight is 245 g/mol. The zero-order valence-electron chi connectivity index (χ0n) is 8.37.